The number of hydrogen-bond donors (Lipinski definition) is 2. The molecule has 0 radical (unpaired) electrons. The van der Waals surface area contributed by atoms with Gasteiger partial charge in [-0.2, -0.15) is 5.11 Å². The van der Waals surface area contributed by atoms with Gasteiger partial charge < -0.3 is 14.7 Å². The van der Waals surface area contributed by atoms with E-state index in [-0.39, 0.29) is 29.3 Å². The zero-order valence-corrected chi connectivity index (χ0v) is 25.7. The quantitative estimate of drug-likeness (QED) is 0.148. The van der Waals surface area contributed by atoms with Crippen molar-refractivity contribution >= 4 is 23.3 Å². The SMILES string of the molecule is CCCCC(CC)CN(CC(CC)CCCC)C(=O)c1cccc(N=Nc2c(C)c(C(=O)OCC)c(O)[nH]c2=O)c1. The van der Waals surface area contributed by atoms with Gasteiger partial charge in [0.1, 0.15) is 5.56 Å². The molecule has 0 saturated carbocycles. The summed E-state index contributed by atoms with van der Waals surface area (Å²) >= 11 is 0. The van der Waals surface area contributed by atoms with Crippen molar-refractivity contribution < 1.29 is 19.4 Å². The van der Waals surface area contributed by atoms with Gasteiger partial charge in [-0.25, -0.2) is 4.79 Å². The molecule has 41 heavy (non-hydrogen) atoms. The van der Waals surface area contributed by atoms with Gasteiger partial charge in [-0.15, -0.1) is 5.11 Å². The Kier molecular flexibility index (Phi) is 14.3. The summed E-state index contributed by atoms with van der Waals surface area (Å²) in [6.07, 6.45) is 8.83. The normalized spacial score (nSPS) is 12.8. The fourth-order valence-corrected chi connectivity index (χ4v) is 4.96. The zero-order chi connectivity index (χ0) is 30.4. The molecule has 2 aromatic rings. The molecule has 2 unspecified atom stereocenters. The molecule has 1 aromatic heterocycles. The summed E-state index contributed by atoms with van der Waals surface area (Å²) in [7, 11) is 0. The van der Waals surface area contributed by atoms with Crippen molar-refractivity contribution in [1.82, 2.24) is 9.88 Å². The first-order chi connectivity index (χ1) is 19.7. The topological polar surface area (TPSA) is 124 Å². The number of esters is 1. The molecule has 0 saturated heterocycles. The van der Waals surface area contributed by atoms with Gasteiger partial charge >= 0.3 is 5.97 Å². The number of carbonyl (C=O) groups excluding carboxylic acids is 2. The predicted octanol–water partition coefficient (Wildman–Crippen LogP) is 7.86. The number of aromatic nitrogens is 1. The molecule has 0 bridgehead atoms. The minimum Gasteiger partial charge on any atom is -0.494 e. The molecule has 0 fully saturated rings. The van der Waals surface area contributed by atoms with Crippen molar-refractivity contribution in [3.63, 3.8) is 0 Å². The summed E-state index contributed by atoms with van der Waals surface area (Å²) in [5.41, 5.74) is 0.0969. The monoisotopic (exact) mass is 568 g/mol. The van der Waals surface area contributed by atoms with E-state index in [1.807, 2.05) is 4.90 Å². The Balaban J connectivity index is 2.38. The molecule has 1 amide bonds. The number of aromatic hydroxyl groups is 1. The molecule has 226 valence electrons. The second kappa shape index (κ2) is 17.4. The summed E-state index contributed by atoms with van der Waals surface area (Å²) in [5, 5.41) is 18.4. The van der Waals surface area contributed by atoms with Crippen LogP contribution in [0.5, 0.6) is 5.88 Å². The number of nitrogens with zero attached hydrogens (tertiary/aromatic N) is 3. The second-order valence-electron chi connectivity index (χ2n) is 10.7. The number of unbranched alkanes of at least 4 members (excludes halogenated alkanes) is 2. The molecule has 1 aromatic carbocycles. The first kappa shape index (κ1) is 33.7. The lowest BCUT2D eigenvalue weighted by Gasteiger charge is -2.31. The van der Waals surface area contributed by atoms with Crippen LogP contribution in [0.15, 0.2) is 39.3 Å². The fraction of sp³-hybridized carbons (Fsp3) is 0.594. The molecule has 0 aliphatic heterocycles. The number of benzene rings is 1. The number of H-pyrrole nitrogens is 1. The molecule has 1 heterocycles. The summed E-state index contributed by atoms with van der Waals surface area (Å²) in [6, 6.07) is 6.91. The Bertz CT molecular complexity index is 1210. The van der Waals surface area contributed by atoms with Gasteiger partial charge in [0, 0.05) is 24.2 Å². The number of aromatic amines is 1. The van der Waals surface area contributed by atoms with Gasteiger partial charge in [0.2, 0.25) is 5.88 Å². The Morgan fingerprint density at radius 1 is 0.976 bits per heavy atom. The molecule has 2 atom stereocenters. The highest BCUT2D eigenvalue weighted by Gasteiger charge is 2.24. The summed E-state index contributed by atoms with van der Waals surface area (Å²) in [4.78, 5) is 42.9. The van der Waals surface area contributed by atoms with E-state index >= 15 is 0 Å². The Morgan fingerprint density at radius 2 is 1.59 bits per heavy atom. The van der Waals surface area contributed by atoms with E-state index in [0.29, 0.717) is 23.1 Å². The highest BCUT2D eigenvalue weighted by molar-refractivity contribution is 5.95. The molecular formula is C32H48N4O5. The van der Waals surface area contributed by atoms with E-state index < -0.39 is 17.4 Å². The average molecular weight is 569 g/mol. The van der Waals surface area contributed by atoms with Crippen molar-refractivity contribution in [1.29, 1.82) is 0 Å². The lowest BCUT2D eigenvalue weighted by atomic mass is 9.95. The van der Waals surface area contributed by atoms with Gasteiger partial charge in [-0.3, -0.25) is 14.6 Å². The van der Waals surface area contributed by atoms with E-state index in [1.165, 1.54) is 6.92 Å². The van der Waals surface area contributed by atoms with Crippen molar-refractivity contribution in [2.24, 2.45) is 22.1 Å². The van der Waals surface area contributed by atoms with Crippen LogP contribution in [-0.2, 0) is 4.74 Å². The van der Waals surface area contributed by atoms with Gasteiger partial charge in [-0.1, -0.05) is 72.3 Å². The van der Waals surface area contributed by atoms with E-state index in [4.69, 9.17) is 4.74 Å². The number of nitrogens with one attached hydrogen (secondary N) is 1. The lowest BCUT2D eigenvalue weighted by molar-refractivity contribution is 0.0521. The first-order valence-corrected chi connectivity index (χ1v) is 15.1. The fourth-order valence-electron chi connectivity index (χ4n) is 4.96. The molecule has 9 nitrogen and oxygen atoms in total. The summed E-state index contributed by atoms with van der Waals surface area (Å²) < 4.78 is 4.99. The smallest absolute Gasteiger partial charge is 0.343 e. The number of pyridine rings is 1. The number of carbonyl (C=O) groups is 2. The Labute approximate surface area is 244 Å². The van der Waals surface area contributed by atoms with Gasteiger partial charge in [-0.05, 0) is 56.7 Å². The second-order valence-corrected chi connectivity index (χ2v) is 10.7. The standard InChI is InChI=1S/C32H48N4O5/c1-7-12-15-23(9-3)20-36(21-24(10-4)16-13-8-2)31(39)25-17-14-18-26(19-25)34-35-28-22(6)27(32(40)41-11-5)29(37)33-30(28)38/h14,17-19,23-24H,7-13,15-16,20-21H2,1-6H3,(H2,33,37,38). The van der Waals surface area contributed by atoms with Crippen molar-refractivity contribution in [3.05, 3.63) is 51.3 Å². The van der Waals surface area contributed by atoms with Crippen LogP contribution in [0.4, 0.5) is 11.4 Å². The number of azo groups is 1. The molecule has 9 heteroatoms. The van der Waals surface area contributed by atoms with Crippen LogP contribution in [0, 0.1) is 18.8 Å². The van der Waals surface area contributed by atoms with Crippen LogP contribution in [0.1, 0.15) is 112 Å². The largest absolute Gasteiger partial charge is 0.494 e. The molecule has 0 spiro atoms. The van der Waals surface area contributed by atoms with E-state index in [0.717, 1.165) is 64.5 Å². The Morgan fingerprint density at radius 3 is 2.12 bits per heavy atom. The third-order valence-corrected chi connectivity index (χ3v) is 7.58. The molecule has 2 N–H and O–H groups in total. The average Bonchev–Trinajstić information content (AvgIpc) is 2.96. The highest BCUT2D eigenvalue weighted by atomic mass is 16.5. The van der Waals surface area contributed by atoms with E-state index in [9.17, 15) is 19.5 Å². The number of ether oxygens (including phenoxy) is 1. The predicted molar refractivity (Wildman–Crippen MR) is 163 cm³/mol. The third-order valence-electron chi connectivity index (χ3n) is 7.58. The van der Waals surface area contributed by atoms with Crippen molar-refractivity contribution in [2.75, 3.05) is 19.7 Å². The third kappa shape index (κ3) is 9.83. The van der Waals surface area contributed by atoms with E-state index in [2.05, 4.69) is 42.9 Å². The van der Waals surface area contributed by atoms with Crippen molar-refractivity contribution in [3.8, 4) is 5.88 Å². The molecule has 0 aliphatic carbocycles. The number of amides is 1. The maximum absolute atomic E-state index is 13.9. The maximum Gasteiger partial charge on any atom is 0.343 e. The number of hydrogen-bond acceptors (Lipinski definition) is 7. The van der Waals surface area contributed by atoms with Crippen LogP contribution >= 0.6 is 0 Å². The molecular weight excluding hydrogens is 520 g/mol. The zero-order valence-electron chi connectivity index (χ0n) is 25.7. The van der Waals surface area contributed by atoms with Crippen LogP contribution < -0.4 is 5.56 Å². The van der Waals surface area contributed by atoms with Crippen LogP contribution in [0.25, 0.3) is 0 Å². The minimum atomic E-state index is -0.767. The highest BCUT2D eigenvalue weighted by Crippen LogP contribution is 2.27. The summed E-state index contributed by atoms with van der Waals surface area (Å²) in [5.74, 6) is -0.482. The molecule has 2 rings (SSSR count). The van der Waals surface area contributed by atoms with Gasteiger partial charge in [0.05, 0.1) is 12.3 Å². The lowest BCUT2D eigenvalue weighted by Crippen LogP contribution is -2.39. The van der Waals surface area contributed by atoms with Gasteiger partial charge in [0.15, 0.2) is 5.69 Å². The first-order valence-electron chi connectivity index (χ1n) is 15.1. The maximum atomic E-state index is 13.9. The molecule has 0 aliphatic rings. The minimum absolute atomic E-state index is 0.0322. The Hall–Kier alpha value is -3.49. The van der Waals surface area contributed by atoms with E-state index in [1.54, 1.807) is 31.2 Å². The van der Waals surface area contributed by atoms with Crippen molar-refractivity contribution in [2.45, 2.75) is 92.9 Å². The van der Waals surface area contributed by atoms with Crippen LogP contribution in [-0.4, -0.2) is 46.6 Å². The van der Waals surface area contributed by atoms with Gasteiger partial charge in [0.25, 0.3) is 11.5 Å². The summed E-state index contributed by atoms with van der Waals surface area (Å²) in [6.45, 7) is 13.5. The number of rotatable bonds is 17. The van der Waals surface area contributed by atoms with Crippen LogP contribution in [0.3, 0.4) is 0 Å². The van der Waals surface area contributed by atoms with Crippen LogP contribution in [0.2, 0.25) is 0 Å².